The zero-order chi connectivity index (χ0) is 20.3. The molecule has 154 valence electrons. The van der Waals surface area contributed by atoms with Gasteiger partial charge in [0.1, 0.15) is 11.9 Å². The van der Waals surface area contributed by atoms with Crippen molar-refractivity contribution in [3.63, 3.8) is 0 Å². The Bertz CT molecular complexity index is 1060. The molecule has 2 aliphatic rings. The Hall–Kier alpha value is -2.66. The molecule has 4 heterocycles. The summed E-state index contributed by atoms with van der Waals surface area (Å²) in [7, 11) is 0. The van der Waals surface area contributed by atoms with E-state index >= 15 is 0 Å². The Labute approximate surface area is 180 Å². The summed E-state index contributed by atoms with van der Waals surface area (Å²) in [5, 5.41) is 21.1. The molecule has 0 amide bonds. The van der Waals surface area contributed by atoms with Crippen LogP contribution >= 0.6 is 11.3 Å². The normalized spacial score (nSPS) is 19.6. The molecule has 2 fully saturated rings. The molecule has 5 rings (SSSR count). The van der Waals surface area contributed by atoms with Gasteiger partial charge in [0.2, 0.25) is 0 Å². The van der Waals surface area contributed by atoms with E-state index in [0.29, 0.717) is 11.6 Å². The molecule has 3 aromatic rings. The predicted octanol–water partition coefficient (Wildman–Crippen LogP) is 3.41. The van der Waals surface area contributed by atoms with E-state index in [-0.39, 0.29) is 0 Å². The molecular weight excluding hydrogens is 392 g/mol. The number of piperazine rings is 1. The smallest absolute Gasteiger partial charge is 0.135 e. The van der Waals surface area contributed by atoms with Crippen molar-refractivity contribution in [1.82, 2.24) is 15.6 Å². The van der Waals surface area contributed by atoms with Crippen LogP contribution in [0.15, 0.2) is 36.5 Å². The van der Waals surface area contributed by atoms with Gasteiger partial charge in [-0.2, -0.15) is 5.26 Å². The SMILES string of the molecule is N#Cc1cnc(N[C@H]2CCCNC2)c2cc(-c3ccc(N4CCNCC4)cc3)sc12. The number of pyridine rings is 1. The minimum atomic E-state index is 0.379. The molecule has 30 heavy (non-hydrogen) atoms. The number of fused-ring (bicyclic) bond motifs is 1. The number of benzene rings is 1. The van der Waals surface area contributed by atoms with Crippen molar-refractivity contribution in [3.05, 3.63) is 42.1 Å². The monoisotopic (exact) mass is 418 g/mol. The topological polar surface area (TPSA) is 76.0 Å². The molecule has 7 heteroatoms. The fourth-order valence-corrected chi connectivity index (χ4v) is 5.41. The molecule has 0 unspecified atom stereocenters. The quantitative estimate of drug-likeness (QED) is 0.603. The molecule has 2 aromatic heterocycles. The van der Waals surface area contributed by atoms with Crippen molar-refractivity contribution >= 4 is 32.9 Å². The van der Waals surface area contributed by atoms with E-state index in [1.807, 2.05) is 0 Å². The van der Waals surface area contributed by atoms with Crippen LogP contribution in [0.5, 0.6) is 0 Å². The minimum absolute atomic E-state index is 0.379. The number of anilines is 2. The number of thiophene rings is 1. The second-order valence-corrected chi connectivity index (χ2v) is 9.01. The lowest BCUT2D eigenvalue weighted by atomic mass is 10.1. The summed E-state index contributed by atoms with van der Waals surface area (Å²) in [6, 6.07) is 13.7. The van der Waals surface area contributed by atoms with Gasteiger partial charge in [0.15, 0.2) is 0 Å². The molecule has 0 radical (unpaired) electrons. The van der Waals surface area contributed by atoms with Gasteiger partial charge in [0.25, 0.3) is 0 Å². The van der Waals surface area contributed by atoms with Gasteiger partial charge in [-0.05, 0) is 43.1 Å². The van der Waals surface area contributed by atoms with Crippen LogP contribution in [0.4, 0.5) is 11.5 Å². The lowest BCUT2D eigenvalue weighted by Crippen LogP contribution is -2.43. The van der Waals surface area contributed by atoms with Crippen molar-refractivity contribution in [2.45, 2.75) is 18.9 Å². The maximum atomic E-state index is 9.58. The molecule has 6 nitrogen and oxygen atoms in total. The van der Waals surface area contributed by atoms with Crippen LogP contribution < -0.4 is 20.9 Å². The average Bonchev–Trinajstić information content (AvgIpc) is 3.27. The average molecular weight is 419 g/mol. The zero-order valence-electron chi connectivity index (χ0n) is 16.9. The predicted molar refractivity (Wildman–Crippen MR) is 124 cm³/mol. The molecule has 1 atom stereocenters. The van der Waals surface area contributed by atoms with Gasteiger partial charge in [-0.1, -0.05) is 12.1 Å². The Morgan fingerprint density at radius 2 is 1.97 bits per heavy atom. The molecule has 0 spiro atoms. The van der Waals surface area contributed by atoms with Gasteiger partial charge in [-0.15, -0.1) is 11.3 Å². The Morgan fingerprint density at radius 3 is 2.70 bits per heavy atom. The van der Waals surface area contributed by atoms with Crippen LogP contribution in [0.3, 0.4) is 0 Å². The van der Waals surface area contributed by atoms with Crippen molar-refractivity contribution in [2.75, 3.05) is 49.5 Å². The fraction of sp³-hybridized carbons (Fsp3) is 0.391. The summed E-state index contributed by atoms with van der Waals surface area (Å²) < 4.78 is 1.01. The number of piperidine rings is 1. The summed E-state index contributed by atoms with van der Waals surface area (Å²) in [4.78, 5) is 8.18. The fourth-order valence-electron chi connectivity index (χ4n) is 4.29. The summed E-state index contributed by atoms with van der Waals surface area (Å²) in [5.41, 5.74) is 3.10. The largest absolute Gasteiger partial charge is 0.369 e. The first-order valence-corrected chi connectivity index (χ1v) is 11.5. The number of aromatic nitrogens is 1. The maximum Gasteiger partial charge on any atom is 0.135 e. The molecule has 0 saturated carbocycles. The highest BCUT2D eigenvalue weighted by molar-refractivity contribution is 7.22. The summed E-state index contributed by atoms with van der Waals surface area (Å²) >= 11 is 1.68. The molecule has 1 aromatic carbocycles. The highest BCUT2D eigenvalue weighted by atomic mass is 32.1. The first-order chi connectivity index (χ1) is 14.8. The second-order valence-electron chi connectivity index (χ2n) is 7.96. The van der Waals surface area contributed by atoms with E-state index < -0.39 is 0 Å². The van der Waals surface area contributed by atoms with Gasteiger partial charge in [0, 0.05) is 60.9 Å². The number of rotatable bonds is 4. The summed E-state index contributed by atoms with van der Waals surface area (Å²) in [5.74, 6) is 0.887. The van der Waals surface area contributed by atoms with Crippen LogP contribution in [0, 0.1) is 11.3 Å². The number of hydrogen-bond donors (Lipinski definition) is 3. The van der Waals surface area contributed by atoms with Crippen LogP contribution in [0.2, 0.25) is 0 Å². The van der Waals surface area contributed by atoms with Crippen molar-refractivity contribution in [2.24, 2.45) is 0 Å². The van der Waals surface area contributed by atoms with Gasteiger partial charge >= 0.3 is 0 Å². The summed E-state index contributed by atoms with van der Waals surface area (Å²) in [6.45, 7) is 6.20. The third-order valence-electron chi connectivity index (χ3n) is 5.95. The third-order valence-corrected chi connectivity index (χ3v) is 7.16. The van der Waals surface area contributed by atoms with Gasteiger partial charge in [-0.3, -0.25) is 0 Å². The van der Waals surface area contributed by atoms with Crippen molar-refractivity contribution < 1.29 is 0 Å². The maximum absolute atomic E-state index is 9.58. The number of nitriles is 1. The van der Waals surface area contributed by atoms with E-state index in [9.17, 15) is 5.26 Å². The number of nitrogens with one attached hydrogen (secondary N) is 3. The van der Waals surface area contributed by atoms with Crippen LogP contribution in [0.1, 0.15) is 18.4 Å². The molecule has 0 aliphatic carbocycles. The Morgan fingerprint density at radius 1 is 1.13 bits per heavy atom. The van der Waals surface area contributed by atoms with E-state index in [4.69, 9.17) is 0 Å². The Balaban J connectivity index is 1.46. The minimum Gasteiger partial charge on any atom is -0.369 e. The van der Waals surface area contributed by atoms with E-state index in [2.05, 4.69) is 62.2 Å². The van der Waals surface area contributed by atoms with E-state index in [1.54, 1.807) is 17.5 Å². The number of hydrogen-bond acceptors (Lipinski definition) is 7. The van der Waals surface area contributed by atoms with Crippen LogP contribution in [0.25, 0.3) is 20.5 Å². The molecule has 2 aliphatic heterocycles. The first-order valence-electron chi connectivity index (χ1n) is 10.7. The molecule has 0 bridgehead atoms. The first kappa shape index (κ1) is 19.3. The highest BCUT2D eigenvalue weighted by Gasteiger charge is 2.18. The third kappa shape index (κ3) is 3.86. The van der Waals surface area contributed by atoms with Gasteiger partial charge in [-0.25, -0.2) is 4.98 Å². The molecule has 3 N–H and O–H groups in total. The van der Waals surface area contributed by atoms with Gasteiger partial charge in [0.05, 0.1) is 10.3 Å². The molecule has 2 saturated heterocycles. The van der Waals surface area contributed by atoms with Gasteiger partial charge < -0.3 is 20.9 Å². The standard InChI is InChI=1S/C23H26N6S/c24-13-17-14-27-23(28-18-2-1-7-26-15-18)20-12-21(30-22(17)20)16-3-5-19(6-4-16)29-10-8-25-9-11-29/h3-6,12,14,18,25-26H,1-2,7-11,15H2,(H,27,28)/t18-/m0/s1. The molecular formula is C23H26N6S. The van der Waals surface area contributed by atoms with E-state index in [1.165, 1.54) is 22.5 Å². The lowest BCUT2D eigenvalue weighted by Gasteiger charge is -2.29. The van der Waals surface area contributed by atoms with Crippen molar-refractivity contribution in [3.8, 4) is 16.5 Å². The van der Waals surface area contributed by atoms with Crippen LogP contribution in [-0.2, 0) is 0 Å². The second kappa shape index (κ2) is 8.60. The lowest BCUT2D eigenvalue weighted by molar-refractivity contribution is 0.479. The number of nitrogens with zero attached hydrogens (tertiary/aromatic N) is 3. The van der Waals surface area contributed by atoms with Crippen LogP contribution in [-0.4, -0.2) is 50.3 Å². The summed E-state index contributed by atoms with van der Waals surface area (Å²) in [6.07, 6.45) is 4.01. The van der Waals surface area contributed by atoms with Crippen molar-refractivity contribution in [1.29, 1.82) is 5.26 Å². The Kier molecular flexibility index (Phi) is 5.54. The zero-order valence-corrected chi connectivity index (χ0v) is 17.8. The van der Waals surface area contributed by atoms with E-state index in [0.717, 1.165) is 61.6 Å². The highest BCUT2D eigenvalue weighted by Crippen LogP contribution is 2.38.